The molecule has 1 fully saturated rings. The highest BCUT2D eigenvalue weighted by atomic mass is 35.5. The number of ether oxygens (including phenoxy) is 1. The first-order valence-electron chi connectivity index (χ1n) is 11.9. The Labute approximate surface area is 225 Å². The number of methoxy groups -OCH3 is 1. The smallest absolute Gasteiger partial charge is 0.280 e. The van der Waals surface area contributed by atoms with Crippen LogP contribution in [0.3, 0.4) is 0 Å². The SMILES string of the molecule is CO[C@H]1CC(NC(=O)c2ncc(Cl)s2)CC(n2c(-c3ccccc3F)nc3cnc(-c4ncn[nH]4)cc32)C1. The molecule has 0 spiro atoms. The van der Waals surface area contributed by atoms with Crippen molar-refractivity contribution in [2.24, 2.45) is 0 Å². The van der Waals surface area contributed by atoms with Crippen molar-refractivity contribution in [2.75, 3.05) is 7.11 Å². The number of nitrogens with one attached hydrogen (secondary N) is 2. The van der Waals surface area contributed by atoms with Crippen molar-refractivity contribution < 1.29 is 13.9 Å². The lowest BCUT2D eigenvalue weighted by atomic mass is 9.88. The van der Waals surface area contributed by atoms with Crippen LogP contribution in [0.5, 0.6) is 0 Å². The van der Waals surface area contributed by atoms with Gasteiger partial charge in [-0.3, -0.25) is 14.9 Å². The molecule has 1 amide bonds. The zero-order valence-electron chi connectivity index (χ0n) is 20.1. The molecule has 13 heteroatoms. The molecule has 2 unspecified atom stereocenters. The van der Waals surface area contributed by atoms with Gasteiger partial charge in [0.25, 0.3) is 5.91 Å². The van der Waals surface area contributed by atoms with Crippen LogP contribution in [0.1, 0.15) is 35.1 Å². The van der Waals surface area contributed by atoms with Crippen molar-refractivity contribution in [3.8, 4) is 22.9 Å². The summed E-state index contributed by atoms with van der Waals surface area (Å²) < 4.78 is 23.3. The summed E-state index contributed by atoms with van der Waals surface area (Å²) in [5.74, 6) is 0.326. The van der Waals surface area contributed by atoms with E-state index in [9.17, 15) is 4.79 Å². The van der Waals surface area contributed by atoms with Gasteiger partial charge in [0.05, 0.1) is 29.6 Å². The molecule has 0 aliphatic heterocycles. The average molecular weight is 553 g/mol. The van der Waals surface area contributed by atoms with E-state index in [0.29, 0.717) is 57.0 Å². The average Bonchev–Trinajstić information content (AvgIpc) is 3.68. The summed E-state index contributed by atoms with van der Waals surface area (Å²) in [5.41, 5.74) is 2.34. The number of hydrogen-bond acceptors (Lipinski definition) is 8. The van der Waals surface area contributed by atoms with Gasteiger partial charge in [-0.25, -0.2) is 19.3 Å². The Bertz CT molecular complexity index is 1600. The number of H-pyrrole nitrogens is 1. The Morgan fingerprint density at radius 3 is 2.82 bits per heavy atom. The fourth-order valence-electron chi connectivity index (χ4n) is 5.02. The lowest BCUT2D eigenvalue weighted by molar-refractivity contribution is 0.0398. The molecule has 6 rings (SSSR count). The summed E-state index contributed by atoms with van der Waals surface area (Å²) in [4.78, 5) is 30.5. The summed E-state index contributed by atoms with van der Waals surface area (Å²) in [7, 11) is 1.66. The lowest BCUT2D eigenvalue weighted by Crippen LogP contribution is -2.43. The lowest BCUT2D eigenvalue weighted by Gasteiger charge is -2.36. The van der Waals surface area contributed by atoms with Gasteiger partial charge in [-0.2, -0.15) is 5.10 Å². The number of fused-ring (bicyclic) bond motifs is 1. The summed E-state index contributed by atoms with van der Waals surface area (Å²) in [6.45, 7) is 0. The number of benzene rings is 1. The normalized spacial score (nSPS) is 19.6. The van der Waals surface area contributed by atoms with Crippen LogP contribution in [0.15, 0.2) is 49.1 Å². The Morgan fingerprint density at radius 1 is 1.21 bits per heavy atom. The van der Waals surface area contributed by atoms with Crippen LogP contribution in [0, 0.1) is 5.82 Å². The predicted octanol–water partition coefficient (Wildman–Crippen LogP) is 4.67. The van der Waals surface area contributed by atoms with E-state index in [1.165, 1.54) is 18.6 Å². The molecule has 0 bridgehead atoms. The highest BCUT2D eigenvalue weighted by Gasteiger charge is 2.34. The van der Waals surface area contributed by atoms with Gasteiger partial charge in [0.1, 0.15) is 33.5 Å². The minimum absolute atomic E-state index is 0.138. The van der Waals surface area contributed by atoms with Crippen molar-refractivity contribution >= 4 is 39.9 Å². The number of imidazole rings is 1. The van der Waals surface area contributed by atoms with E-state index in [1.807, 2.05) is 10.6 Å². The van der Waals surface area contributed by atoms with E-state index in [4.69, 9.17) is 21.3 Å². The molecule has 1 saturated carbocycles. The van der Waals surface area contributed by atoms with Gasteiger partial charge >= 0.3 is 0 Å². The number of rotatable bonds is 6. The van der Waals surface area contributed by atoms with Crippen molar-refractivity contribution in [1.29, 1.82) is 0 Å². The highest BCUT2D eigenvalue weighted by Crippen LogP contribution is 2.38. The number of hydrogen-bond donors (Lipinski definition) is 2. The standard InChI is InChI=1S/C25H22ClFN8O2S/c1-37-15-7-13(32-24(36)25-29-11-21(26)38-25)6-14(8-15)35-20-9-18(22-30-12-31-34-22)28-10-19(20)33-23(35)16-4-2-3-5-17(16)27/h2-5,9-15H,6-8H2,1H3,(H,32,36)(H,30,31,34)/t13?,14?,15-/m0/s1. The van der Waals surface area contributed by atoms with E-state index in [1.54, 1.807) is 31.5 Å². The molecule has 10 nitrogen and oxygen atoms in total. The fourth-order valence-corrected chi connectivity index (χ4v) is 5.84. The van der Waals surface area contributed by atoms with E-state index in [2.05, 4.69) is 30.5 Å². The van der Waals surface area contributed by atoms with E-state index in [0.717, 1.165) is 16.9 Å². The highest BCUT2D eigenvalue weighted by molar-refractivity contribution is 7.17. The van der Waals surface area contributed by atoms with Gasteiger partial charge in [0, 0.05) is 19.2 Å². The summed E-state index contributed by atoms with van der Waals surface area (Å²) in [5, 5.41) is 10.1. The quantitative estimate of drug-likeness (QED) is 0.314. The number of aromatic amines is 1. The molecule has 0 saturated heterocycles. The maximum atomic E-state index is 15.0. The zero-order valence-corrected chi connectivity index (χ0v) is 21.7. The van der Waals surface area contributed by atoms with E-state index in [-0.39, 0.29) is 29.9 Å². The number of thiazole rings is 1. The molecule has 1 aromatic carbocycles. The molecule has 0 radical (unpaired) electrons. The Morgan fingerprint density at radius 2 is 2.08 bits per heavy atom. The number of pyridine rings is 1. The second-order valence-corrected chi connectivity index (χ2v) is 10.7. The largest absolute Gasteiger partial charge is 0.381 e. The first-order valence-corrected chi connectivity index (χ1v) is 13.1. The number of carbonyl (C=O) groups excluding carboxylic acids is 1. The van der Waals surface area contributed by atoms with Crippen molar-refractivity contribution in [3.05, 3.63) is 64.2 Å². The number of nitrogens with zero attached hydrogens (tertiary/aromatic N) is 6. The molecule has 5 aromatic rings. The molecule has 4 aromatic heterocycles. The maximum absolute atomic E-state index is 15.0. The van der Waals surface area contributed by atoms with Crippen LogP contribution in [-0.2, 0) is 4.74 Å². The number of amides is 1. The van der Waals surface area contributed by atoms with Gasteiger partial charge in [0.2, 0.25) is 0 Å². The third-order valence-electron chi connectivity index (χ3n) is 6.69. The number of aromatic nitrogens is 7. The van der Waals surface area contributed by atoms with Crippen LogP contribution in [-0.4, -0.2) is 59.9 Å². The zero-order chi connectivity index (χ0) is 26.2. The summed E-state index contributed by atoms with van der Waals surface area (Å²) >= 11 is 7.10. The molecule has 3 atom stereocenters. The summed E-state index contributed by atoms with van der Waals surface area (Å²) in [6.07, 6.45) is 6.25. The van der Waals surface area contributed by atoms with Gasteiger partial charge in [-0.15, -0.1) is 0 Å². The first kappa shape index (κ1) is 24.6. The van der Waals surface area contributed by atoms with Crippen LogP contribution in [0.25, 0.3) is 33.9 Å². The van der Waals surface area contributed by atoms with Crippen molar-refractivity contribution in [3.63, 3.8) is 0 Å². The van der Waals surface area contributed by atoms with Crippen LogP contribution in [0.4, 0.5) is 4.39 Å². The minimum atomic E-state index is -0.378. The molecule has 194 valence electrons. The molecule has 1 aliphatic rings. The fraction of sp³-hybridized carbons (Fsp3) is 0.280. The molecule has 4 heterocycles. The molecular formula is C25H22ClFN8O2S. The minimum Gasteiger partial charge on any atom is -0.381 e. The van der Waals surface area contributed by atoms with Gasteiger partial charge in [-0.05, 0) is 37.5 Å². The Hall–Kier alpha value is -3.74. The van der Waals surface area contributed by atoms with Crippen LogP contribution in [0.2, 0.25) is 4.34 Å². The number of carbonyl (C=O) groups is 1. The van der Waals surface area contributed by atoms with Crippen molar-refractivity contribution in [1.82, 2.24) is 40.0 Å². The second-order valence-electron chi connectivity index (χ2n) is 9.04. The van der Waals surface area contributed by atoms with Gasteiger partial charge < -0.3 is 14.6 Å². The van der Waals surface area contributed by atoms with Gasteiger partial charge in [0.15, 0.2) is 10.8 Å². The van der Waals surface area contributed by atoms with Crippen LogP contribution >= 0.6 is 22.9 Å². The monoisotopic (exact) mass is 552 g/mol. The van der Waals surface area contributed by atoms with E-state index < -0.39 is 0 Å². The number of halogens is 2. The van der Waals surface area contributed by atoms with Crippen LogP contribution < -0.4 is 5.32 Å². The first-order chi connectivity index (χ1) is 18.5. The molecular weight excluding hydrogens is 531 g/mol. The molecule has 1 aliphatic carbocycles. The molecule has 38 heavy (non-hydrogen) atoms. The predicted molar refractivity (Wildman–Crippen MR) is 140 cm³/mol. The Balaban J connectivity index is 1.43. The maximum Gasteiger partial charge on any atom is 0.280 e. The third-order valence-corrected chi connectivity index (χ3v) is 7.81. The Kier molecular flexibility index (Phi) is 6.60. The third kappa shape index (κ3) is 4.66. The summed E-state index contributed by atoms with van der Waals surface area (Å²) in [6, 6.07) is 8.04. The topological polar surface area (TPSA) is 124 Å². The second kappa shape index (κ2) is 10.2. The van der Waals surface area contributed by atoms with Gasteiger partial charge in [-0.1, -0.05) is 35.1 Å². The molecule has 2 N–H and O–H groups in total. The van der Waals surface area contributed by atoms with E-state index >= 15 is 4.39 Å². The van der Waals surface area contributed by atoms with Crippen molar-refractivity contribution in [2.45, 2.75) is 37.5 Å².